The first-order valence-electron chi connectivity index (χ1n) is 5.19. The van der Waals surface area contributed by atoms with E-state index in [1.807, 2.05) is 0 Å². The molecule has 1 aliphatic rings. The smallest absolute Gasteiger partial charge is 0 e. The number of hydrogen-bond acceptors (Lipinski definition) is 0. The van der Waals surface area contributed by atoms with Gasteiger partial charge in [-0.1, -0.05) is 27.2 Å². The van der Waals surface area contributed by atoms with Gasteiger partial charge in [0.15, 0.2) is 0 Å². The molecule has 0 atom stereocenters. The zero-order valence-electron chi connectivity index (χ0n) is 9.80. The van der Waals surface area contributed by atoms with Crippen molar-refractivity contribution >= 4 is 0 Å². The molecule has 0 bridgehead atoms. The van der Waals surface area contributed by atoms with Crippen LogP contribution in [0.3, 0.4) is 0 Å². The molecule has 15 heavy (non-hydrogen) atoms. The summed E-state index contributed by atoms with van der Waals surface area (Å²) in [7, 11) is 0. The Morgan fingerprint density at radius 1 is 1.47 bits per heavy atom. The van der Waals surface area contributed by atoms with E-state index in [0.29, 0.717) is 0 Å². The summed E-state index contributed by atoms with van der Waals surface area (Å²) in [6.07, 6.45) is 9.65. The van der Waals surface area contributed by atoms with Crippen LogP contribution in [0.4, 0.5) is 0 Å². The van der Waals surface area contributed by atoms with Gasteiger partial charge in [0, 0.05) is 25.8 Å². The summed E-state index contributed by atoms with van der Waals surface area (Å²) in [5, 5.41) is 0. The van der Waals surface area contributed by atoms with E-state index in [1.54, 1.807) is 0 Å². The van der Waals surface area contributed by atoms with Crippen LogP contribution in [0.25, 0.3) is 0 Å². The van der Waals surface area contributed by atoms with Crippen LogP contribution in [0.1, 0.15) is 30.9 Å². The molecule has 0 radical (unpaired) electrons. The molecule has 0 N–H and O–H groups in total. The average molecular weight is 365 g/mol. The van der Waals surface area contributed by atoms with Crippen LogP contribution in [0.15, 0.2) is 35.9 Å². The van der Waals surface area contributed by atoms with E-state index in [-0.39, 0.29) is 25.8 Å². The Hall–Kier alpha value is -0.300. The van der Waals surface area contributed by atoms with Crippen molar-refractivity contribution in [1.82, 2.24) is 0 Å². The van der Waals surface area contributed by atoms with Gasteiger partial charge in [-0.15, -0.1) is 6.42 Å². The molecule has 0 saturated carbocycles. The molecule has 0 nitrogen and oxygen atoms in total. The summed E-state index contributed by atoms with van der Waals surface area (Å²) in [6.45, 7) is 6.39. The zero-order chi connectivity index (χ0) is 10.4. The van der Waals surface area contributed by atoms with E-state index in [4.69, 9.17) is 0 Å². The Labute approximate surface area is 112 Å². The quantitative estimate of drug-likeness (QED) is 0.520. The van der Waals surface area contributed by atoms with Gasteiger partial charge < -0.3 is 0 Å². The van der Waals surface area contributed by atoms with Crippen molar-refractivity contribution in [3.05, 3.63) is 53.1 Å². The predicted molar refractivity (Wildman–Crippen MR) is 62.3 cm³/mol. The van der Waals surface area contributed by atoms with Gasteiger partial charge in [0.05, 0.1) is 0 Å². The van der Waals surface area contributed by atoms with Gasteiger partial charge in [0.2, 0.25) is 0 Å². The molecule has 80 valence electrons. The molecule has 1 heteroatoms. The fourth-order valence-electron chi connectivity index (χ4n) is 1.29. The number of hydrogen-bond donors (Lipinski definition) is 0. The Kier molecular flexibility index (Phi) is 7.76. The van der Waals surface area contributed by atoms with Gasteiger partial charge in [0.1, 0.15) is 0 Å². The first-order chi connectivity index (χ1) is 6.74. The Morgan fingerprint density at radius 2 is 2.20 bits per heavy atom. The van der Waals surface area contributed by atoms with Crippen molar-refractivity contribution in [2.75, 3.05) is 0 Å². The zero-order valence-corrected chi connectivity index (χ0v) is 13.4. The minimum absolute atomic E-state index is 0. The molecule has 0 heterocycles. The number of aryl methyl sites for hydroxylation is 2. The fraction of sp³-hybridized carbons (Fsp3) is 0.357. The maximum absolute atomic E-state index is 3.21. The molecule has 1 aromatic carbocycles. The number of rotatable bonds is 1. The topological polar surface area (TPSA) is 0 Å². The van der Waals surface area contributed by atoms with Crippen molar-refractivity contribution in [2.24, 2.45) is 0 Å². The van der Waals surface area contributed by atoms with Crippen LogP contribution in [-0.4, -0.2) is 0 Å². The molecule has 2 rings (SSSR count). The molecule has 0 unspecified atom stereocenters. The maximum Gasteiger partial charge on any atom is 0 e. The van der Waals surface area contributed by atoms with Crippen molar-refractivity contribution in [1.29, 1.82) is 0 Å². The molecular formula is C14H18Hf-2. The SMILES string of the molecule is CCC1=[C-]CC=C1.Cc1ccc[c-]1C.[Hf]. The largest absolute Gasteiger partial charge is 0.270 e. The first-order valence-corrected chi connectivity index (χ1v) is 5.19. The summed E-state index contributed by atoms with van der Waals surface area (Å²) in [4.78, 5) is 0. The van der Waals surface area contributed by atoms with Gasteiger partial charge in [0.25, 0.3) is 0 Å². The summed E-state index contributed by atoms with van der Waals surface area (Å²) in [6, 6.07) is 6.31. The third-order valence-electron chi connectivity index (χ3n) is 2.46. The third kappa shape index (κ3) is 5.36. The molecule has 0 aromatic heterocycles. The molecule has 0 fully saturated rings. The van der Waals surface area contributed by atoms with Crippen LogP contribution < -0.4 is 0 Å². The summed E-state index contributed by atoms with van der Waals surface area (Å²) in [5.41, 5.74) is 4.14. The molecule has 0 aliphatic heterocycles. The van der Waals surface area contributed by atoms with Crippen molar-refractivity contribution < 1.29 is 25.8 Å². The summed E-state index contributed by atoms with van der Waals surface area (Å²) >= 11 is 0. The van der Waals surface area contributed by atoms with Crippen LogP contribution in [0.5, 0.6) is 0 Å². The van der Waals surface area contributed by atoms with E-state index >= 15 is 0 Å². The van der Waals surface area contributed by atoms with Gasteiger partial charge in [-0.25, -0.2) is 23.8 Å². The van der Waals surface area contributed by atoms with Gasteiger partial charge in [-0.2, -0.15) is 23.3 Å². The van der Waals surface area contributed by atoms with Gasteiger partial charge in [-0.3, -0.25) is 6.08 Å². The van der Waals surface area contributed by atoms with Gasteiger partial charge >= 0.3 is 0 Å². The second-order valence-corrected chi connectivity index (χ2v) is 3.55. The van der Waals surface area contributed by atoms with Gasteiger partial charge in [-0.05, 0) is 0 Å². The minimum Gasteiger partial charge on any atom is -0.270 e. The first kappa shape index (κ1) is 14.7. The molecule has 0 saturated heterocycles. The van der Waals surface area contributed by atoms with Crippen molar-refractivity contribution in [2.45, 2.75) is 33.6 Å². The minimum atomic E-state index is 0. The van der Waals surface area contributed by atoms with Crippen LogP contribution in [-0.2, 0) is 25.8 Å². The second kappa shape index (κ2) is 7.92. The number of allylic oxidation sites excluding steroid dienone is 4. The normalized spacial score (nSPS) is 12.6. The molecular weight excluding hydrogens is 347 g/mol. The molecule has 1 aromatic rings. The second-order valence-electron chi connectivity index (χ2n) is 3.55. The van der Waals surface area contributed by atoms with E-state index in [2.05, 4.69) is 57.2 Å². The summed E-state index contributed by atoms with van der Waals surface area (Å²) in [5.74, 6) is 0. The van der Waals surface area contributed by atoms with Crippen LogP contribution in [0.2, 0.25) is 0 Å². The van der Waals surface area contributed by atoms with Crippen LogP contribution in [0, 0.1) is 19.9 Å². The predicted octanol–water partition coefficient (Wildman–Crippen LogP) is 4.11. The molecule has 0 spiro atoms. The van der Waals surface area contributed by atoms with E-state index in [9.17, 15) is 0 Å². The van der Waals surface area contributed by atoms with Crippen molar-refractivity contribution in [3.63, 3.8) is 0 Å². The monoisotopic (exact) mass is 366 g/mol. The molecule has 0 amide bonds. The Balaban J connectivity index is 0.000000245. The van der Waals surface area contributed by atoms with Crippen LogP contribution >= 0.6 is 0 Å². The van der Waals surface area contributed by atoms with E-state index < -0.39 is 0 Å². The molecule has 1 aliphatic carbocycles. The maximum atomic E-state index is 3.21. The average Bonchev–Trinajstić information content (AvgIpc) is 2.80. The van der Waals surface area contributed by atoms with E-state index in [0.717, 1.165) is 12.8 Å². The third-order valence-corrected chi connectivity index (χ3v) is 2.46. The van der Waals surface area contributed by atoms with E-state index in [1.165, 1.54) is 16.7 Å². The Bertz CT molecular complexity index is 312. The Morgan fingerprint density at radius 3 is 2.40 bits per heavy atom. The summed E-state index contributed by atoms with van der Waals surface area (Å²) < 4.78 is 0. The van der Waals surface area contributed by atoms with Crippen molar-refractivity contribution in [3.8, 4) is 0 Å². The standard InChI is InChI=1S/2C7H9.Hf/c1-6-4-3-5-7(6)2;1-2-7-5-3-4-6-7;/h3-5H,1-2H3;3,5H,2,4H2,1H3;/q2*-1;. The fourth-order valence-corrected chi connectivity index (χ4v) is 1.29.